The molecule has 1 amide bonds. The summed E-state index contributed by atoms with van der Waals surface area (Å²) in [6, 6.07) is 4.21. The van der Waals surface area contributed by atoms with Crippen molar-refractivity contribution in [1.29, 1.82) is 0 Å². The highest BCUT2D eigenvalue weighted by atomic mass is 19.1. The number of benzene rings is 1. The van der Waals surface area contributed by atoms with Gasteiger partial charge in [-0.3, -0.25) is 4.79 Å². The minimum Gasteiger partial charge on any atom is -0.491 e. The van der Waals surface area contributed by atoms with Crippen molar-refractivity contribution in [3.05, 3.63) is 47.5 Å². The maximum absolute atomic E-state index is 14.0. The number of rotatable bonds is 0. The average Bonchev–Trinajstić information content (AvgIpc) is 3.10. The maximum Gasteiger partial charge on any atom is 0.257 e. The molecule has 0 saturated carbocycles. The number of fused-ring (bicyclic) bond motifs is 1. The first kappa shape index (κ1) is 17.7. The van der Waals surface area contributed by atoms with Gasteiger partial charge in [-0.1, -0.05) is 0 Å². The lowest BCUT2D eigenvalue weighted by molar-refractivity contribution is 0.0928. The van der Waals surface area contributed by atoms with Gasteiger partial charge in [0.2, 0.25) is 0 Å². The van der Waals surface area contributed by atoms with E-state index in [-0.39, 0.29) is 30.4 Å². The van der Waals surface area contributed by atoms with E-state index in [1.165, 1.54) is 22.8 Å². The summed E-state index contributed by atoms with van der Waals surface area (Å²) in [5.41, 5.74) is 1.52. The topological polar surface area (TPSA) is 81.0 Å². The number of anilines is 1. The molecule has 9 heteroatoms. The third kappa shape index (κ3) is 3.02. The van der Waals surface area contributed by atoms with Gasteiger partial charge in [0.05, 0.1) is 24.5 Å². The fourth-order valence-electron chi connectivity index (χ4n) is 3.65. The Kier molecular flexibility index (Phi) is 4.04. The van der Waals surface area contributed by atoms with Crippen LogP contribution in [0.3, 0.4) is 0 Å². The number of halogens is 1. The van der Waals surface area contributed by atoms with Crippen molar-refractivity contribution in [1.82, 2.24) is 19.9 Å². The average molecular weight is 397 g/mol. The van der Waals surface area contributed by atoms with Crippen LogP contribution in [0.1, 0.15) is 29.8 Å². The molecule has 8 nitrogen and oxygen atoms in total. The van der Waals surface area contributed by atoms with Crippen molar-refractivity contribution in [3.8, 4) is 11.5 Å². The van der Waals surface area contributed by atoms with Gasteiger partial charge in [-0.05, 0) is 32.0 Å². The normalized spacial score (nSPS) is 21.3. The summed E-state index contributed by atoms with van der Waals surface area (Å²) in [4.78, 5) is 19.5. The Labute approximate surface area is 166 Å². The molecule has 0 saturated heterocycles. The van der Waals surface area contributed by atoms with Crippen LogP contribution < -0.4 is 19.7 Å². The number of nitrogens with zero attached hydrogens (tertiary/aromatic N) is 4. The molecule has 2 aliphatic rings. The zero-order valence-corrected chi connectivity index (χ0v) is 16.1. The van der Waals surface area contributed by atoms with Gasteiger partial charge in [0, 0.05) is 12.1 Å². The van der Waals surface area contributed by atoms with Gasteiger partial charge in [0.15, 0.2) is 17.2 Å². The Morgan fingerprint density at radius 2 is 2.03 bits per heavy atom. The zero-order valence-electron chi connectivity index (χ0n) is 16.1. The quantitative estimate of drug-likeness (QED) is 0.626. The second-order valence-corrected chi connectivity index (χ2v) is 7.48. The van der Waals surface area contributed by atoms with Crippen LogP contribution in [0.2, 0.25) is 0 Å². The molecule has 3 aromatic rings. The fourth-order valence-corrected chi connectivity index (χ4v) is 3.65. The largest absolute Gasteiger partial charge is 0.491 e. The smallest absolute Gasteiger partial charge is 0.257 e. The predicted molar refractivity (Wildman–Crippen MR) is 103 cm³/mol. The monoisotopic (exact) mass is 397 g/mol. The minimum absolute atomic E-state index is 0.00202. The van der Waals surface area contributed by atoms with E-state index < -0.39 is 0 Å². The van der Waals surface area contributed by atoms with E-state index in [1.807, 2.05) is 18.7 Å². The van der Waals surface area contributed by atoms with E-state index in [2.05, 4.69) is 10.4 Å². The van der Waals surface area contributed by atoms with Crippen LogP contribution in [0, 0.1) is 5.82 Å². The van der Waals surface area contributed by atoms with Crippen LogP contribution in [0.15, 0.2) is 30.6 Å². The lowest BCUT2D eigenvalue weighted by Gasteiger charge is -2.36. The van der Waals surface area contributed by atoms with Gasteiger partial charge in [-0.25, -0.2) is 13.9 Å². The first-order valence-corrected chi connectivity index (χ1v) is 9.49. The van der Waals surface area contributed by atoms with Crippen molar-refractivity contribution in [3.63, 3.8) is 0 Å². The molecule has 0 radical (unpaired) electrons. The van der Waals surface area contributed by atoms with Crippen molar-refractivity contribution in [2.24, 2.45) is 0 Å². The summed E-state index contributed by atoms with van der Waals surface area (Å²) in [7, 11) is 0. The molecule has 1 N–H and O–H groups in total. The molecule has 150 valence electrons. The molecule has 4 heterocycles. The van der Waals surface area contributed by atoms with Crippen molar-refractivity contribution in [2.45, 2.75) is 32.5 Å². The molecule has 0 unspecified atom stereocenters. The molecule has 0 aliphatic carbocycles. The standard InChI is InChI=1S/C20H20FN5O3/c1-11-9-28-16-4-3-14(21)5-13(16)7-25-12(2)10-29-17-8-26-18(24-19(17)25)15(6-22-26)20(27)23-11/h3-6,8,11-12H,7,9-10H2,1-2H3,(H,23,27)/t11-,12-/m1/s1. The third-order valence-electron chi connectivity index (χ3n) is 5.20. The predicted octanol–water partition coefficient (Wildman–Crippen LogP) is 2.17. The van der Waals surface area contributed by atoms with E-state index in [0.717, 1.165) is 0 Å². The van der Waals surface area contributed by atoms with E-state index >= 15 is 0 Å². The van der Waals surface area contributed by atoms with Crippen molar-refractivity contribution in [2.75, 3.05) is 18.1 Å². The van der Waals surface area contributed by atoms with Crippen LogP contribution in [0.4, 0.5) is 10.2 Å². The van der Waals surface area contributed by atoms with E-state index in [0.29, 0.717) is 47.2 Å². The fraction of sp³-hybridized carbons (Fsp3) is 0.350. The number of amides is 1. The molecular weight excluding hydrogens is 377 g/mol. The molecule has 1 aromatic carbocycles. The third-order valence-corrected chi connectivity index (χ3v) is 5.20. The van der Waals surface area contributed by atoms with Crippen LogP contribution in [-0.4, -0.2) is 45.8 Å². The summed E-state index contributed by atoms with van der Waals surface area (Å²) < 4.78 is 27.3. The Morgan fingerprint density at radius 3 is 2.90 bits per heavy atom. The number of hydrogen-bond acceptors (Lipinski definition) is 6. The number of aromatic nitrogens is 3. The van der Waals surface area contributed by atoms with E-state index in [4.69, 9.17) is 14.5 Å². The van der Waals surface area contributed by atoms with E-state index in [1.54, 1.807) is 12.3 Å². The lowest BCUT2D eigenvalue weighted by Crippen LogP contribution is -2.41. The Bertz CT molecular complexity index is 1110. The number of ether oxygens (including phenoxy) is 2. The summed E-state index contributed by atoms with van der Waals surface area (Å²) >= 11 is 0. The summed E-state index contributed by atoms with van der Waals surface area (Å²) in [6.45, 7) is 4.96. The lowest BCUT2D eigenvalue weighted by atomic mass is 10.1. The van der Waals surface area contributed by atoms with E-state index in [9.17, 15) is 9.18 Å². The first-order valence-electron chi connectivity index (χ1n) is 9.49. The Morgan fingerprint density at radius 1 is 1.21 bits per heavy atom. The molecule has 2 atom stereocenters. The van der Waals surface area contributed by atoms with Gasteiger partial charge >= 0.3 is 0 Å². The maximum atomic E-state index is 14.0. The first-order chi connectivity index (χ1) is 14.0. The van der Waals surface area contributed by atoms with Crippen LogP contribution in [-0.2, 0) is 6.54 Å². The second kappa shape index (κ2) is 6.61. The summed E-state index contributed by atoms with van der Waals surface area (Å²) in [5, 5.41) is 7.15. The second-order valence-electron chi connectivity index (χ2n) is 7.48. The van der Waals surface area contributed by atoms with Gasteiger partial charge in [-0.2, -0.15) is 5.10 Å². The Balaban J connectivity index is 1.70. The highest BCUT2D eigenvalue weighted by Gasteiger charge is 2.29. The highest BCUT2D eigenvalue weighted by Crippen LogP contribution is 2.35. The number of hydrogen-bond donors (Lipinski definition) is 1. The Hall–Kier alpha value is -3.36. The van der Waals surface area contributed by atoms with Crippen LogP contribution in [0.5, 0.6) is 11.5 Å². The van der Waals surface area contributed by atoms with Crippen molar-refractivity contribution >= 4 is 17.4 Å². The number of carbonyl (C=O) groups is 1. The van der Waals surface area contributed by atoms with Crippen LogP contribution in [0.25, 0.3) is 5.65 Å². The van der Waals surface area contributed by atoms with Gasteiger partial charge in [-0.15, -0.1) is 0 Å². The molecule has 5 rings (SSSR count). The van der Waals surface area contributed by atoms with Gasteiger partial charge in [0.25, 0.3) is 5.91 Å². The minimum atomic E-state index is -0.333. The molecule has 0 spiro atoms. The molecule has 0 fully saturated rings. The van der Waals surface area contributed by atoms with Crippen LogP contribution >= 0.6 is 0 Å². The molecule has 2 aromatic heterocycles. The molecule has 2 aliphatic heterocycles. The summed E-state index contributed by atoms with van der Waals surface area (Å²) in [6.07, 6.45) is 3.22. The zero-order chi connectivity index (χ0) is 20.1. The SMILES string of the molecule is C[C@@H]1COc2ccc(F)cc2CN2c3nc4c(cnn4cc3OC[C@H]2C)C(=O)N1. The van der Waals surface area contributed by atoms with Crippen molar-refractivity contribution < 1.29 is 18.7 Å². The number of carbonyl (C=O) groups excluding carboxylic acids is 1. The van der Waals surface area contributed by atoms with Gasteiger partial charge in [0.1, 0.15) is 30.3 Å². The molecule has 29 heavy (non-hydrogen) atoms. The molecular formula is C20H20FN5O3. The number of nitrogens with one attached hydrogen (secondary N) is 1. The van der Waals surface area contributed by atoms with Gasteiger partial charge < -0.3 is 19.7 Å². The molecule has 2 bridgehead atoms. The highest BCUT2D eigenvalue weighted by molar-refractivity contribution is 6.00. The summed E-state index contributed by atoms with van der Waals surface area (Å²) in [5.74, 6) is 1.12.